The predicted molar refractivity (Wildman–Crippen MR) is 78.1 cm³/mol. The Bertz CT molecular complexity index is 883. The lowest BCUT2D eigenvalue weighted by Crippen LogP contribution is -2.03. The molecule has 0 radical (unpaired) electrons. The molecule has 0 fully saturated rings. The highest BCUT2D eigenvalue weighted by molar-refractivity contribution is 6.31. The second kappa shape index (κ2) is 5.32. The van der Waals surface area contributed by atoms with Crippen molar-refractivity contribution in [3.8, 4) is 11.8 Å². The van der Waals surface area contributed by atoms with Crippen molar-refractivity contribution in [1.82, 2.24) is 14.5 Å². The van der Waals surface area contributed by atoms with Crippen molar-refractivity contribution in [2.45, 2.75) is 5.88 Å². The van der Waals surface area contributed by atoms with E-state index in [2.05, 4.69) is 9.97 Å². The third-order valence-corrected chi connectivity index (χ3v) is 3.42. The Balaban J connectivity index is 2.37. The molecule has 7 heteroatoms. The molecule has 0 atom stereocenters. The van der Waals surface area contributed by atoms with Crippen LogP contribution in [-0.4, -0.2) is 14.5 Å². The van der Waals surface area contributed by atoms with Gasteiger partial charge in [0, 0.05) is 6.20 Å². The largest absolute Gasteiger partial charge is 0.278 e. The van der Waals surface area contributed by atoms with Crippen LogP contribution < -0.4 is 0 Å². The molecule has 0 saturated heterocycles. The third kappa shape index (κ3) is 2.33. The van der Waals surface area contributed by atoms with Crippen LogP contribution in [0.15, 0.2) is 30.5 Å². The summed E-state index contributed by atoms with van der Waals surface area (Å²) >= 11 is 11.8. The van der Waals surface area contributed by atoms with Crippen LogP contribution in [0.4, 0.5) is 4.39 Å². The Labute approximate surface area is 129 Å². The third-order valence-electron chi connectivity index (χ3n) is 2.97. The van der Waals surface area contributed by atoms with Crippen LogP contribution in [0.3, 0.4) is 0 Å². The van der Waals surface area contributed by atoms with E-state index in [1.165, 1.54) is 18.3 Å². The van der Waals surface area contributed by atoms with Crippen molar-refractivity contribution in [3.05, 3.63) is 52.7 Å². The minimum absolute atomic E-state index is 0.121. The van der Waals surface area contributed by atoms with E-state index < -0.39 is 5.82 Å². The SMILES string of the molecule is N#Cc1cc(F)ccc1-n1c(CCl)nc2cc(Cl)cnc21. The van der Waals surface area contributed by atoms with E-state index in [-0.39, 0.29) is 11.4 Å². The minimum atomic E-state index is -0.483. The van der Waals surface area contributed by atoms with Crippen LogP contribution in [0.25, 0.3) is 16.9 Å². The number of alkyl halides is 1. The summed E-state index contributed by atoms with van der Waals surface area (Å²) < 4.78 is 14.9. The highest BCUT2D eigenvalue weighted by atomic mass is 35.5. The van der Waals surface area contributed by atoms with Crippen molar-refractivity contribution < 1.29 is 4.39 Å². The van der Waals surface area contributed by atoms with Gasteiger partial charge in [-0.15, -0.1) is 11.6 Å². The van der Waals surface area contributed by atoms with Gasteiger partial charge in [0.15, 0.2) is 5.65 Å². The molecule has 2 heterocycles. The summed E-state index contributed by atoms with van der Waals surface area (Å²) in [7, 11) is 0. The maximum atomic E-state index is 13.3. The van der Waals surface area contributed by atoms with Gasteiger partial charge in [0.2, 0.25) is 0 Å². The Morgan fingerprint density at radius 3 is 2.86 bits per heavy atom. The highest BCUT2D eigenvalue weighted by Crippen LogP contribution is 2.25. The number of pyridine rings is 1. The summed E-state index contributed by atoms with van der Waals surface area (Å²) in [4.78, 5) is 8.58. The molecule has 0 saturated carbocycles. The monoisotopic (exact) mass is 320 g/mol. The number of hydrogen-bond acceptors (Lipinski definition) is 3. The Morgan fingerprint density at radius 1 is 1.33 bits per heavy atom. The molecule has 0 spiro atoms. The maximum absolute atomic E-state index is 13.3. The molecule has 0 aliphatic heterocycles. The number of aromatic nitrogens is 3. The molecule has 0 bridgehead atoms. The Hall–Kier alpha value is -2.16. The fraction of sp³-hybridized carbons (Fsp3) is 0.0714. The number of imidazole rings is 1. The lowest BCUT2D eigenvalue weighted by atomic mass is 10.2. The molecule has 3 aromatic rings. The molecular formula is C14H7Cl2FN4. The van der Waals surface area contributed by atoms with E-state index >= 15 is 0 Å². The molecule has 0 aliphatic carbocycles. The smallest absolute Gasteiger partial charge is 0.164 e. The number of fused-ring (bicyclic) bond motifs is 1. The van der Waals surface area contributed by atoms with Crippen molar-refractivity contribution in [3.63, 3.8) is 0 Å². The molecule has 0 aliphatic rings. The summed E-state index contributed by atoms with van der Waals surface area (Å²) in [6.45, 7) is 0. The van der Waals surface area contributed by atoms with Crippen molar-refractivity contribution in [2.24, 2.45) is 0 Å². The molecule has 21 heavy (non-hydrogen) atoms. The summed E-state index contributed by atoms with van der Waals surface area (Å²) in [5.41, 5.74) is 1.73. The molecule has 4 nitrogen and oxygen atoms in total. The quantitative estimate of drug-likeness (QED) is 0.674. The Kier molecular flexibility index (Phi) is 3.50. The van der Waals surface area contributed by atoms with Crippen molar-refractivity contribution in [2.75, 3.05) is 0 Å². The fourth-order valence-electron chi connectivity index (χ4n) is 2.12. The van der Waals surface area contributed by atoms with Crippen LogP contribution in [0, 0.1) is 17.1 Å². The van der Waals surface area contributed by atoms with Gasteiger partial charge in [0.1, 0.15) is 23.2 Å². The maximum Gasteiger partial charge on any atom is 0.164 e. The summed E-state index contributed by atoms with van der Waals surface area (Å²) in [5.74, 6) is 0.142. The molecule has 0 N–H and O–H groups in total. The zero-order chi connectivity index (χ0) is 15.0. The first kappa shape index (κ1) is 13.8. The number of rotatable bonds is 2. The van der Waals surface area contributed by atoms with Gasteiger partial charge in [-0.05, 0) is 24.3 Å². The number of nitriles is 1. The number of hydrogen-bond donors (Lipinski definition) is 0. The lowest BCUT2D eigenvalue weighted by molar-refractivity contribution is 0.627. The number of benzene rings is 1. The van der Waals surface area contributed by atoms with Gasteiger partial charge in [-0.2, -0.15) is 5.26 Å². The molecule has 104 valence electrons. The van der Waals surface area contributed by atoms with E-state index in [4.69, 9.17) is 23.2 Å². The van der Waals surface area contributed by atoms with E-state index in [1.54, 1.807) is 10.6 Å². The van der Waals surface area contributed by atoms with Gasteiger partial charge < -0.3 is 0 Å². The molecule has 3 rings (SSSR count). The van der Waals surface area contributed by atoms with Gasteiger partial charge in [0.05, 0.1) is 22.2 Å². The van der Waals surface area contributed by atoms with Crippen LogP contribution in [0.5, 0.6) is 0 Å². The zero-order valence-corrected chi connectivity index (χ0v) is 12.0. The van der Waals surface area contributed by atoms with E-state index in [0.29, 0.717) is 27.7 Å². The van der Waals surface area contributed by atoms with Gasteiger partial charge in [-0.1, -0.05) is 11.6 Å². The molecule has 0 unspecified atom stereocenters. The van der Waals surface area contributed by atoms with Gasteiger partial charge in [-0.25, -0.2) is 14.4 Å². The first-order chi connectivity index (χ1) is 10.1. The Morgan fingerprint density at radius 2 is 2.14 bits per heavy atom. The van der Waals surface area contributed by atoms with Crippen LogP contribution in [-0.2, 0) is 5.88 Å². The van der Waals surface area contributed by atoms with Gasteiger partial charge in [-0.3, -0.25) is 4.57 Å². The molecule has 1 aromatic carbocycles. The summed E-state index contributed by atoms with van der Waals surface area (Å²) in [6.07, 6.45) is 1.48. The topological polar surface area (TPSA) is 54.5 Å². The summed E-state index contributed by atoms with van der Waals surface area (Å²) in [5, 5.41) is 9.65. The second-order valence-corrected chi connectivity index (χ2v) is 4.97. The van der Waals surface area contributed by atoms with Crippen molar-refractivity contribution >= 4 is 34.4 Å². The molecule has 0 amide bonds. The molecular weight excluding hydrogens is 314 g/mol. The fourth-order valence-corrected chi connectivity index (χ4v) is 2.45. The lowest BCUT2D eigenvalue weighted by Gasteiger charge is -2.09. The van der Waals surface area contributed by atoms with Gasteiger partial charge >= 0.3 is 0 Å². The van der Waals surface area contributed by atoms with E-state index in [1.807, 2.05) is 6.07 Å². The second-order valence-electron chi connectivity index (χ2n) is 4.27. The van der Waals surface area contributed by atoms with E-state index in [0.717, 1.165) is 6.07 Å². The first-order valence-corrected chi connectivity index (χ1v) is 6.84. The predicted octanol–water partition coefficient (Wildman–Crippen LogP) is 3.82. The van der Waals surface area contributed by atoms with Crippen molar-refractivity contribution in [1.29, 1.82) is 5.26 Å². The zero-order valence-electron chi connectivity index (χ0n) is 10.5. The molecule has 2 aromatic heterocycles. The average Bonchev–Trinajstić information content (AvgIpc) is 2.84. The number of nitrogens with zero attached hydrogens (tertiary/aromatic N) is 4. The van der Waals surface area contributed by atoms with E-state index in [9.17, 15) is 9.65 Å². The normalized spacial score (nSPS) is 10.8. The average molecular weight is 321 g/mol. The van der Waals surface area contributed by atoms with Crippen LogP contribution in [0.2, 0.25) is 5.02 Å². The number of halogens is 3. The van der Waals surface area contributed by atoms with Crippen LogP contribution in [0.1, 0.15) is 11.4 Å². The van der Waals surface area contributed by atoms with Gasteiger partial charge in [0.25, 0.3) is 0 Å². The first-order valence-electron chi connectivity index (χ1n) is 5.93. The standard InChI is InChI=1S/C14H7Cl2FN4/c15-5-13-20-11-4-9(16)7-19-14(11)21(13)12-2-1-10(17)3-8(12)6-18/h1-4,7H,5H2. The minimum Gasteiger partial charge on any atom is -0.278 e. The highest BCUT2D eigenvalue weighted by Gasteiger charge is 2.16. The summed E-state index contributed by atoms with van der Waals surface area (Å²) in [6, 6.07) is 7.56. The van der Waals surface area contributed by atoms with Crippen LogP contribution >= 0.6 is 23.2 Å².